The molecule has 2 aromatic heterocycles. The predicted molar refractivity (Wildman–Crippen MR) is 114 cm³/mol. The van der Waals surface area contributed by atoms with Gasteiger partial charge in [0.15, 0.2) is 11.6 Å². The molecule has 2 heterocycles. The van der Waals surface area contributed by atoms with Crippen molar-refractivity contribution in [2.24, 2.45) is 0 Å². The highest BCUT2D eigenvalue weighted by Gasteiger charge is 2.19. The summed E-state index contributed by atoms with van der Waals surface area (Å²) in [5, 5.41) is 0.554. The Morgan fingerprint density at radius 1 is 0.769 bits per heavy atom. The zero-order valence-corrected chi connectivity index (χ0v) is 18.0. The summed E-state index contributed by atoms with van der Waals surface area (Å²) in [6, 6.07) is 7.51. The Labute approximate surface area is 173 Å². The van der Waals surface area contributed by atoms with Crippen LogP contribution in [0.25, 0.3) is 31.6 Å². The average Bonchev–Trinajstić information content (AvgIpc) is 3.34. The van der Waals surface area contributed by atoms with E-state index in [2.05, 4.69) is 41.8 Å². The van der Waals surface area contributed by atoms with E-state index in [1.807, 2.05) is 24.3 Å². The number of aromatic nitrogens is 2. The van der Waals surface area contributed by atoms with E-state index in [4.69, 9.17) is 0 Å². The number of carbonyl (C=O) groups is 2. The van der Waals surface area contributed by atoms with Gasteiger partial charge in [0.1, 0.15) is 0 Å². The van der Waals surface area contributed by atoms with E-state index < -0.39 is 0 Å². The number of Topliss-reactive ketones (excluding diaryl/α,β-unsaturated/α-hetero) is 2. The Bertz CT molecular complexity index is 1070. The smallest absolute Gasteiger partial charge is 0.174 e. The third-order valence-corrected chi connectivity index (χ3v) is 6.84. The van der Waals surface area contributed by atoms with Crippen LogP contribution in [0.1, 0.15) is 20.7 Å². The van der Waals surface area contributed by atoms with E-state index >= 15 is 0 Å². The van der Waals surface area contributed by atoms with Gasteiger partial charge in [0.05, 0.1) is 42.1 Å². The molecule has 0 spiro atoms. The molecule has 0 aliphatic carbocycles. The number of benzene rings is 2. The average molecular weight is 510 g/mol. The van der Waals surface area contributed by atoms with Crippen molar-refractivity contribution in [3.05, 3.63) is 46.4 Å². The highest BCUT2D eigenvalue weighted by atomic mass is 79.9. The summed E-state index contributed by atoms with van der Waals surface area (Å²) in [4.78, 5) is 33.3. The Morgan fingerprint density at radius 2 is 1.19 bits per heavy atom. The van der Waals surface area contributed by atoms with Gasteiger partial charge in [0.2, 0.25) is 0 Å². The number of hydrogen-bond donors (Lipinski definition) is 0. The molecule has 0 N–H and O–H groups in total. The molecule has 4 rings (SSSR count). The van der Waals surface area contributed by atoms with Gasteiger partial charge in [-0.15, -0.1) is 22.7 Å². The number of halogens is 2. The van der Waals surface area contributed by atoms with Gasteiger partial charge in [-0.05, 0) is 12.1 Å². The standard InChI is InChI=1S/C18H10Br2N2O2S2/c19-5-13(23)11-3-1-9(15-17(11)25-7-21-15)10-2-4-12(14(24)6-20)18-16(10)22-8-26-18/h1-4,7-8H,5-6H2. The summed E-state index contributed by atoms with van der Waals surface area (Å²) < 4.78 is 1.74. The van der Waals surface area contributed by atoms with Crippen LogP contribution in [0.4, 0.5) is 0 Å². The van der Waals surface area contributed by atoms with Crippen LogP contribution in [-0.2, 0) is 0 Å². The molecule has 4 aromatic rings. The minimum absolute atomic E-state index is 0.0304. The van der Waals surface area contributed by atoms with Crippen molar-refractivity contribution < 1.29 is 9.59 Å². The first kappa shape index (κ1) is 17.9. The zero-order chi connectivity index (χ0) is 18.3. The molecule has 0 unspecified atom stereocenters. The highest BCUT2D eigenvalue weighted by Crippen LogP contribution is 2.38. The minimum Gasteiger partial charge on any atom is -0.293 e. The SMILES string of the molecule is O=C(CBr)c1ccc(-c2ccc(C(=O)CBr)c3scnc23)c2ncsc12. The fourth-order valence-corrected chi connectivity index (χ4v) is 5.22. The zero-order valence-electron chi connectivity index (χ0n) is 13.2. The van der Waals surface area contributed by atoms with Crippen LogP contribution in [0, 0.1) is 0 Å². The Hall–Kier alpha value is -1.48. The van der Waals surface area contributed by atoms with Crippen molar-refractivity contribution in [1.29, 1.82) is 0 Å². The Kier molecular flexibility index (Phi) is 5.00. The van der Waals surface area contributed by atoms with Crippen LogP contribution in [-0.4, -0.2) is 32.2 Å². The summed E-state index contributed by atoms with van der Waals surface area (Å²) in [5.41, 5.74) is 8.25. The first-order chi connectivity index (χ1) is 12.7. The van der Waals surface area contributed by atoms with Crippen LogP contribution in [0.15, 0.2) is 35.3 Å². The van der Waals surface area contributed by atoms with Crippen LogP contribution in [0.2, 0.25) is 0 Å². The van der Waals surface area contributed by atoms with Gasteiger partial charge in [0, 0.05) is 22.3 Å². The van der Waals surface area contributed by atoms with E-state index in [-0.39, 0.29) is 22.2 Å². The molecule has 4 nitrogen and oxygen atoms in total. The monoisotopic (exact) mass is 508 g/mol. The van der Waals surface area contributed by atoms with Crippen molar-refractivity contribution in [2.45, 2.75) is 0 Å². The third kappa shape index (κ3) is 2.85. The van der Waals surface area contributed by atoms with Crippen LogP contribution in [0.5, 0.6) is 0 Å². The molecule has 0 radical (unpaired) electrons. The molecule has 26 heavy (non-hydrogen) atoms. The summed E-state index contributed by atoms with van der Waals surface area (Å²) >= 11 is 9.38. The van der Waals surface area contributed by atoms with E-state index in [0.29, 0.717) is 11.1 Å². The molecule has 2 aromatic carbocycles. The number of rotatable bonds is 5. The summed E-state index contributed by atoms with van der Waals surface area (Å²) in [6.07, 6.45) is 0. The third-order valence-electron chi connectivity index (χ3n) is 4.10. The maximum atomic E-state index is 12.2. The number of hydrogen-bond acceptors (Lipinski definition) is 6. The first-order valence-corrected chi connectivity index (χ1v) is 11.6. The topological polar surface area (TPSA) is 59.9 Å². The van der Waals surface area contributed by atoms with E-state index in [1.54, 1.807) is 11.0 Å². The molecule has 0 saturated carbocycles. The number of ketones is 2. The normalized spacial score (nSPS) is 11.3. The minimum atomic E-state index is 0.0304. The van der Waals surface area contributed by atoms with Gasteiger partial charge < -0.3 is 0 Å². The molecular formula is C18H10Br2N2O2S2. The maximum absolute atomic E-state index is 12.2. The molecule has 0 bridgehead atoms. The van der Waals surface area contributed by atoms with Gasteiger partial charge in [-0.3, -0.25) is 9.59 Å². The molecule has 0 atom stereocenters. The van der Waals surface area contributed by atoms with Crippen LogP contribution >= 0.6 is 54.5 Å². The van der Waals surface area contributed by atoms with Gasteiger partial charge >= 0.3 is 0 Å². The quantitative estimate of drug-likeness (QED) is 0.254. The van der Waals surface area contributed by atoms with Gasteiger partial charge in [-0.25, -0.2) is 9.97 Å². The highest BCUT2D eigenvalue weighted by molar-refractivity contribution is 9.09. The fraction of sp³-hybridized carbons (Fsp3) is 0.111. The van der Waals surface area contributed by atoms with E-state index in [1.165, 1.54) is 22.7 Å². The molecule has 0 saturated heterocycles. The second kappa shape index (κ2) is 7.26. The Morgan fingerprint density at radius 3 is 1.58 bits per heavy atom. The summed E-state index contributed by atoms with van der Waals surface area (Å²) in [5.74, 6) is 0.0609. The van der Waals surface area contributed by atoms with Crippen molar-refractivity contribution in [2.75, 3.05) is 10.7 Å². The maximum Gasteiger partial charge on any atom is 0.174 e. The van der Waals surface area contributed by atoms with Crippen LogP contribution < -0.4 is 0 Å². The van der Waals surface area contributed by atoms with Crippen molar-refractivity contribution in [3.8, 4) is 11.1 Å². The molecule has 130 valence electrons. The second-order valence-electron chi connectivity index (χ2n) is 5.50. The summed E-state index contributed by atoms with van der Waals surface area (Å²) in [7, 11) is 0. The predicted octanol–water partition coefficient (Wildman–Crippen LogP) is 5.73. The molecule has 0 aliphatic rings. The summed E-state index contributed by atoms with van der Waals surface area (Å²) in [6.45, 7) is 0. The Balaban J connectivity index is 1.97. The lowest BCUT2D eigenvalue weighted by Gasteiger charge is -2.08. The lowest BCUT2D eigenvalue weighted by Crippen LogP contribution is -2.01. The van der Waals surface area contributed by atoms with Crippen molar-refractivity contribution in [3.63, 3.8) is 0 Å². The van der Waals surface area contributed by atoms with Crippen LogP contribution in [0.3, 0.4) is 0 Å². The van der Waals surface area contributed by atoms with Gasteiger partial charge in [0.25, 0.3) is 0 Å². The number of alkyl halides is 2. The largest absolute Gasteiger partial charge is 0.293 e. The molecule has 0 aliphatic heterocycles. The molecule has 8 heteroatoms. The fourth-order valence-electron chi connectivity index (χ4n) is 2.92. The van der Waals surface area contributed by atoms with Gasteiger partial charge in [-0.2, -0.15) is 0 Å². The van der Waals surface area contributed by atoms with E-state index in [0.717, 1.165) is 31.6 Å². The first-order valence-electron chi connectivity index (χ1n) is 7.56. The lowest BCUT2D eigenvalue weighted by atomic mass is 9.98. The van der Waals surface area contributed by atoms with Crippen molar-refractivity contribution in [1.82, 2.24) is 9.97 Å². The number of nitrogens with zero attached hydrogens (tertiary/aromatic N) is 2. The van der Waals surface area contributed by atoms with Gasteiger partial charge in [-0.1, -0.05) is 44.0 Å². The molecule has 0 fully saturated rings. The number of carbonyl (C=O) groups excluding carboxylic acids is 2. The molecule has 0 amide bonds. The lowest BCUT2D eigenvalue weighted by molar-refractivity contribution is 0.101. The number of fused-ring (bicyclic) bond motifs is 2. The van der Waals surface area contributed by atoms with E-state index in [9.17, 15) is 9.59 Å². The molecular weight excluding hydrogens is 500 g/mol. The van der Waals surface area contributed by atoms with Crippen molar-refractivity contribution >= 4 is 86.5 Å². The number of thiazole rings is 2. The second-order valence-corrected chi connectivity index (χ2v) is 8.33.